The maximum atomic E-state index is 13.7. The van der Waals surface area contributed by atoms with E-state index in [1.165, 1.54) is 0 Å². The first-order valence-corrected chi connectivity index (χ1v) is 11.0. The van der Waals surface area contributed by atoms with E-state index in [1.54, 1.807) is 36.4 Å². The molecule has 4 aromatic rings. The maximum Gasteiger partial charge on any atom is 0.336 e. The Bertz CT molecular complexity index is 1390. The van der Waals surface area contributed by atoms with E-state index in [2.05, 4.69) is 8.75 Å². The van der Waals surface area contributed by atoms with Crippen LogP contribution in [-0.2, 0) is 11.2 Å². The molecule has 0 atom stereocenters. The molecule has 33 heavy (non-hydrogen) atoms. The van der Waals surface area contributed by atoms with Gasteiger partial charge in [-0.25, -0.2) is 4.79 Å². The Balaban J connectivity index is 1.67. The molecule has 2 heterocycles. The van der Waals surface area contributed by atoms with Gasteiger partial charge < -0.3 is 14.6 Å². The van der Waals surface area contributed by atoms with E-state index < -0.39 is 5.97 Å². The Morgan fingerprint density at radius 2 is 1.58 bits per heavy atom. The summed E-state index contributed by atoms with van der Waals surface area (Å²) in [6.45, 7) is 0.829. The van der Waals surface area contributed by atoms with Gasteiger partial charge in [-0.1, -0.05) is 36.4 Å². The minimum atomic E-state index is -1.19. The average Bonchev–Trinajstić information content (AvgIpc) is 3.31. The second kappa shape index (κ2) is 8.84. The summed E-state index contributed by atoms with van der Waals surface area (Å²) in [5, 5.41) is 10.2. The minimum Gasteiger partial charge on any atom is -0.486 e. The quantitative estimate of drug-likeness (QED) is 0.337. The predicted molar refractivity (Wildman–Crippen MR) is 124 cm³/mol. The normalized spacial score (nSPS) is 13.5. The molecule has 1 N–H and O–H groups in total. The molecule has 0 bridgehead atoms. The number of ketones is 1. The molecule has 5 rings (SSSR count). The number of ether oxygens (including phenoxy) is 2. The number of aromatic nitrogens is 2. The van der Waals surface area contributed by atoms with E-state index in [0.717, 1.165) is 17.3 Å². The lowest BCUT2D eigenvalue weighted by molar-refractivity contribution is -0.130. The maximum absolute atomic E-state index is 13.7. The zero-order chi connectivity index (χ0) is 22.8. The Kier molecular flexibility index (Phi) is 5.58. The highest BCUT2D eigenvalue weighted by Crippen LogP contribution is 2.33. The van der Waals surface area contributed by atoms with Crippen LogP contribution in [-0.4, -0.2) is 38.8 Å². The number of rotatable bonds is 6. The molecule has 3 aromatic carbocycles. The number of hydrogen-bond acceptors (Lipinski definition) is 7. The van der Waals surface area contributed by atoms with Crippen molar-refractivity contribution in [2.45, 2.75) is 6.42 Å². The monoisotopic (exact) mass is 458 g/mol. The summed E-state index contributed by atoms with van der Waals surface area (Å²) in [6, 6.07) is 19.3. The fourth-order valence-corrected chi connectivity index (χ4v) is 4.32. The van der Waals surface area contributed by atoms with Crippen molar-refractivity contribution in [2.75, 3.05) is 13.2 Å². The number of benzene rings is 3. The van der Waals surface area contributed by atoms with Gasteiger partial charge in [0.1, 0.15) is 24.2 Å². The zero-order valence-corrected chi connectivity index (χ0v) is 18.2. The number of Topliss-reactive ketones (excluding diaryl/α,β-unsaturated/α-hetero) is 1. The van der Waals surface area contributed by atoms with Crippen LogP contribution >= 0.6 is 11.7 Å². The average molecular weight is 458 g/mol. The summed E-state index contributed by atoms with van der Waals surface area (Å²) in [6.07, 6.45) is 0.156. The van der Waals surface area contributed by atoms with Crippen LogP contribution in [0.4, 0.5) is 0 Å². The second-order valence-corrected chi connectivity index (χ2v) is 8.00. The predicted octanol–water partition coefficient (Wildman–Crippen LogP) is 4.43. The van der Waals surface area contributed by atoms with E-state index in [9.17, 15) is 14.7 Å². The lowest BCUT2D eigenvalue weighted by Gasteiger charge is -2.19. The van der Waals surface area contributed by atoms with E-state index in [-0.39, 0.29) is 23.4 Å². The van der Waals surface area contributed by atoms with Gasteiger partial charge >= 0.3 is 5.97 Å². The lowest BCUT2D eigenvalue weighted by atomic mass is 9.89. The topological polar surface area (TPSA) is 98.6 Å². The van der Waals surface area contributed by atoms with Crippen LogP contribution in [0.15, 0.2) is 72.3 Å². The van der Waals surface area contributed by atoms with Crippen molar-refractivity contribution in [1.82, 2.24) is 8.75 Å². The Labute approximate surface area is 193 Å². The molecule has 1 aliphatic heterocycles. The van der Waals surface area contributed by atoms with Gasteiger partial charge in [-0.2, -0.15) is 8.75 Å². The summed E-state index contributed by atoms with van der Waals surface area (Å²) in [7, 11) is 0. The highest BCUT2D eigenvalue weighted by molar-refractivity contribution is 7.00. The van der Waals surface area contributed by atoms with E-state index in [1.807, 2.05) is 30.3 Å². The Hall–Kier alpha value is -4.04. The van der Waals surface area contributed by atoms with Crippen LogP contribution in [0.1, 0.15) is 21.5 Å². The molecule has 0 spiro atoms. The fourth-order valence-electron chi connectivity index (χ4n) is 3.81. The van der Waals surface area contributed by atoms with Crippen molar-refractivity contribution in [3.63, 3.8) is 0 Å². The third-order valence-electron chi connectivity index (χ3n) is 5.36. The molecule has 1 aliphatic rings. The van der Waals surface area contributed by atoms with Crippen molar-refractivity contribution in [3.05, 3.63) is 89.0 Å². The third kappa shape index (κ3) is 4.20. The van der Waals surface area contributed by atoms with E-state index in [0.29, 0.717) is 46.9 Å². The molecular formula is C25H18N2O5S. The van der Waals surface area contributed by atoms with Crippen LogP contribution in [0.5, 0.6) is 11.5 Å². The van der Waals surface area contributed by atoms with Gasteiger partial charge in [0.05, 0.1) is 17.3 Å². The Morgan fingerprint density at radius 1 is 0.848 bits per heavy atom. The number of hydrogen-bond donors (Lipinski definition) is 1. The molecule has 1 aromatic heterocycles. The van der Waals surface area contributed by atoms with Crippen molar-refractivity contribution in [3.8, 4) is 11.5 Å². The molecule has 0 saturated heterocycles. The number of fused-ring (bicyclic) bond motifs is 2. The molecule has 0 aliphatic carbocycles. The van der Waals surface area contributed by atoms with Crippen molar-refractivity contribution >= 4 is 40.1 Å². The smallest absolute Gasteiger partial charge is 0.336 e. The SMILES string of the molecule is O=C(O)/C(=C(\Cc1ccccc1)C(=O)c1ccc2c(c1)OCCO2)c1ccc2nsnc2c1. The van der Waals surface area contributed by atoms with Crippen LogP contribution in [0.25, 0.3) is 16.6 Å². The second-order valence-electron chi connectivity index (χ2n) is 7.48. The van der Waals surface area contributed by atoms with Crippen LogP contribution in [0.2, 0.25) is 0 Å². The number of carboxylic acids is 1. The number of allylic oxidation sites excluding steroid dienone is 1. The molecule has 0 radical (unpaired) electrons. The standard InChI is InChI=1S/C25H18N2O5S/c28-24(17-7-9-21-22(14-17)32-11-10-31-21)18(12-15-4-2-1-3-5-15)23(25(29)30)16-6-8-19-20(13-16)27-33-26-19/h1-9,13-14H,10-12H2,(H,29,30)/b23-18+. The Morgan fingerprint density at radius 3 is 2.36 bits per heavy atom. The first kappa shape index (κ1) is 20.8. The summed E-state index contributed by atoms with van der Waals surface area (Å²) in [5.74, 6) is -0.538. The molecule has 0 unspecified atom stereocenters. The van der Waals surface area contributed by atoms with Crippen LogP contribution in [0, 0.1) is 0 Å². The van der Waals surface area contributed by atoms with Crippen LogP contribution in [0.3, 0.4) is 0 Å². The molecule has 8 heteroatoms. The third-order valence-corrected chi connectivity index (χ3v) is 5.92. The number of carboxylic acid groups (broad SMARTS) is 1. The van der Waals surface area contributed by atoms with E-state index >= 15 is 0 Å². The van der Waals surface area contributed by atoms with Gasteiger partial charge in [-0.15, -0.1) is 0 Å². The first-order valence-electron chi connectivity index (χ1n) is 10.3. The fraction of sp³-hybridized carbons (Fsp3) is 0.120. The number of aliphatic carboxylic acids is 1. The minimum absolute atomic E-state index is 0.0614. The first-order chi connectivity index (χ1) is 16.1. The number of carbonyl (C=O) groups excluding carboxylic acids is 1. The van der Waals surface area contributed by atoms with E-state index in [4.69, 9.17) is 9.47 Å². The van der Waals surface area contributed by atoms with Gasteiger partial charge in [-0.3, -0.25) is 4.79 Å². The molecule has 7 nitrogen and oxygen atoms in total. The molecule has 0 saturated carbocycles. The summed E-state index contributed by atoms with van der Waals surface area (Å²) < 4.78 is 19.6. The zero-order valence-electron chi connectivity index (χ0n) is 17.4. The molecule has 0 fully saturated rings. The summed E-state index contributed by atoms with van der Waals surface area (Å²) >= 11 is 1.05. The van der Waals surface area contributed by atoms with Gasteiger partial charge in [-0.05, 0) is 41.5 Å². The highest BCUT2D eigenvalue weighted by atomic mass is 32.1. The summed E-state index contributed by atoms with van der Waals surface area (Å²) in [5.41, 5.74) is 2.94. The lowest BCUT2D eigenvalue weighted by Crippen LogP contribution is -2.17. The van der Waals surface area contributed by atoms with Gasteiger partial charge in [0.2, 0.25) is 0 Å². The van der Waals surface area contributed by atoms with Crippen molar-refractivity contribution in [2.24, 2.45) is 0 Å². The largest absolute Gasteiger partial charge is 0.486 e. The molecular weight excluding hydrogens is 440 g/mol. The summed E-state index contributed by atoms with van der Waals surface area (Å²) in [4.78, 5) is 26.2. The molecule has 0 amide bonds. The van der Waals surface area contributed by atoms with Gasteiger partial charge in [0, 0.05) is 17.6 Å². The van der Waals surface area contributed by atoms with Gasteiger partial charge in [0.15, 0.2) is 17.3 Å². The number of nitrogens with zero attached hydrogens (tertiary/aromatic N) is 2. The van der Waals surface area contributed by atoms with Crippen molar-refractivity contribution in [1.29, 1.82) is 0 Å². The van der Waals surface area contributed by atoms with Crippen LogP contribution < -0.4 is 9.47 Å². The highest BCUT2D eigenvalue weighted by Gasteiger charge is 2.25. The molecule has 164 valence electrons. The number of carbonyl (C=O) groups is 2. The van der Waals surface area contributed by atoms with Gasteiger partial charge in [0.25, 0.3) is 0 Å². The van der Waals surface area contributed by atoms with Crippen molar-refractivity contribution < 1.29 is 24.2 Å².